The summed E-state index contributed by atoms with van der Waals surface area (Å²) in [4.78, 5) is 32.1. The first-order valence-corrected chi connectivity index (χ1v) is 12.8. The predicted molar refractivity (Wildman–Crippen MR) is 137 cm³/mol. The topological polar surface area (TPSA) is 71.4 Å². The van der Waals surface area contributed by atoms with E-state index in [2.05, 4.69) is 12.1 Å². The van der Waals surface area contributed by atoms with Crippen molar-refractivity contribution in [2.75, 3.05) is 0 Å². The van der Waals surface area contributed by atoms with E-state index in [4.69, 9.17) is 0 Å². The summed E-state index contributed by atoms with van der Waals surface area (Å²) in [6, 6.07) is 20.1. The molecular weight excluding hydrogens is 424 g/mol. The number of carbonyl (C=O) groups is 3. The second-order valence-corrected chi connectivity index (χ2v) is 9.20. The highest BCUT2D eigenvalue weighted by Gasteiger charge is 2.28. The largest absolute Gasteiger partial charge is 0.392 e. The fourth-order valence-corrected chi connectivity index (χ4v) is 4.39. The Balaban J connectivity index is 0.000000202. The lowest BCUT2D eigenvalue weighted by Gasteiger charge is -2.25. The molecule has 0 saturated heterocycles. The van der Waals surface area contributed by atoms with Crippen LogP contribution < -0.4 is 0 Å². The lowest BCUT2D eigenvalue weighted by Crippen LogP contribution is -2.31. The SMILES string of the molecule is O=C1CCCCC1.O=C1CCCC[C@H]1[C@@H](O)CCc1ccccc1.O=CCCc1ccccc1. The fourth-order valence-electron chi connectivity index (χ4n) is 4.39. The molecule has 0 heterocycles. The molecule has 0 amide bonds. The molecule has 2 aliphatic rings. The third kappa shape index (κ3) is 11.5. The number of hydrogen-bond acceptors (Lipinski definition) is 4. The minimum atomic E-state index is -0.456. The average molecular weight is 465 g/mol. The summed E-state index contributed by atoms with van der Waals surface area (Å²) in [5.41, 5.74) is 2.46. The number of ketones is 2. The van der Waals surface area contributed by atoms with E-state index in [1.54, 1.807) is 0 Å². The van der Waals surface area contributed by atoms with E-state index in [0.29, 0.717) is 25.0 Å². The van der Waals surface area contributed by atoms with E-state index in [0.717, 1.165) is 64.1 Å². The summed E-state index contributed by atoms with van der Waals surface area (Å²) >= 11 is 0. The Kier molecular flexibility index (Phi) is 13.8. The van der Waals surface area contributed by atoms with Gasteiger partial charge in [-0.15, -0.1) is 0 Å². The fraction of sp³-hybridized carbons (Fsp3) is 0.500. The zero-order valence-electron chi connectivity index (χ0n) is 20.4. The van der Waals surface area contributed by atoms with E-state index in [1.807, 2.05) is 48.5 Å². The molecule has 2 saturated carbocycles. The van der Waals surface area contributed by atoms with Crippen molar-refractivity contribution in [3.63, 3.8) is 0 Å². The van der Waals surface area contributed by atoms with E-state index in [9.17, 15) is 19.5 Å². The summed E-state index contributed by atoms with van der Waals surface area (Å²) in [7, 11) is 0. The van der Waals surface area contributed by atoms with Crippen molar-refractivity contribution in [1.29, 1.82) is 0 Å². The maximum Gasteiger partial charge on any atom is 0.138 e. The molecule has 2 aromatic rings. The number of aliphatic hydroxyl groups is 1. The van der Waals surface area contributed by atoms with Crippen LogP contribution in [0.15, 0.2) is 60.7 Å². The molecule has 4 rings (SSSR count). The molecule has 2 aromatic carbocycles. The van der Waals surface area contributed by atoms with Crippen molar-refractivity contribution < 1.29 is 19.5 Å². The summed E-state index contributed by atoms with van der Waals surface area (Å²) in [5.74, 6) is 0.621. The Morgan fingerprint density at radius 2 is 1.32 bits per heavy atom. The number of Topliss-reactive ketones (excluding diaryl/α,β-unsaturated/α-hetero) is 2. The van der Waals surface area contributed by atoms with Crippen LogP contribution in [0.3, 0.4) is 0 Å². The number of aldehydes is 1. The third-order valence-electron chi connectivity index (χ3n) is 6.44. The lowest BCUT2D eigenvalue weighted by molar-refractivity contribution is -0.128. The third-order valence-corrected chi connectivity index (χ3v) is 6.44. The van der Waals surface area contributed by atoms with Gasteiger partial charge in [0.1, 0.15) is 17.9 Å². The molecule has 34 heavy (non-hydrogen) atoms. The standard InChI is InChI=1S/C15H20O2.C9H10O.C6H10O/c16-14-9-5-4-8-13(14)15(17)11-10-12-6-2-1-3-7-12;10-8-4-7-9-5-2-1-3-6-9;7-6-4-2-1-3-5-6/h1-3,6-7,13,15,17H,4-5,8-11H2;1-3,5-6,8H,4,7H2;1-5H2/t13-,15+;;/m1../s1. The maximum absolute atomic E-state index is 11.7. The van der Waals surface area contributed by atoms with Crippen molar-refractivity contribution in [3.05, 3.63) is 71.8 Å². The van der Waals surface area contributed by atoms with Crippen LogP contribution in [0.4, 0.5) is 0 Å². The Morgan fingerprint density at radius 1 is 0.765 bits per heavy atom. The van der Waals surface area contributed by atoms with Gasteiger partial charge >= 0.3 is 0 Å². The molecule has 0 aliphatic heterocycles. The van der Waals surface area contributed by atoms with E-state index in [1.165, 1.54) is 17.5 Å². The van der Waals surface area contributed by atoms with Crippen molar-refractivity contribution >= 4 is 17.9 Å². The number of carbonyl (C=O) groups excluding carboxylic acids is 3. The molecule has 2 fully saturated rings. The Hall–Kier alpha value is -2.59. The van der Waals surface area contributed by atoms with Crippen molar-refractivity contribution in [1.82, 2.24) is 0 Å². The van der Waals surface area contributed by atoms with Crippen LogP contribution in [0.2, 0.25) is 0 Å². The van der Waals surface area contributed by atoms with Crippen LogP contribution in [0, 0.1) is 5.92 Å². The molecule has 0 unspecified atom stereocenters. The van der Waals surface area contributed by atoms with Crippen molar-refractivity contribution in [2.45, 2.75) is 89.6 Å². The zero-order chi connectivity index (χ0) is 24.4. The molecule has 0 aromatic heterocycles. The number of hydrogen-bond donors (Lipinski definition) is 1. The van der Waals surface area contributed by atoms with Crippen LogP contribution in [0.25, 0.3) is 0 Å². The van der Waals surface area contributed by atoms with Crippen LogP contribution in [-0.2, 0) is 27.2 Å². The van der Waals surface area contributed by atoms with Crippen LogP contribution >= 0.6 is 0 Å². The van der Waals surface area contributed by atoms with E-state index < -0.39 is 6.10 Å². The number of rotatable bonds is 7. The normalized spacial score (nSPS) is 18.6. The Bertz CT molecular complexity index is 823. The highest BCUT2D eigenvalue weighted by molar-refractivity contribution is 5.82. The number of aliphatic hydroxyl groups excluding tert-OH is 1. The predicted octanol–water partition coefficient (Wildman–Crippen LogP) is 6.08. The Labute approximate surface area is 204 Å². The van der Waals surface area contributed by atoms with Crippen LogP contribution in [0.1, 0.15) is 81.8 Å². The van der Waals surface area contributed by atoms with Gasteiger partial charge in [-0.2, -0.15) is 0 Å². The summed E-state index contributed by atoms with van der Waals surface area (Å²) in [5, 5.41) is 10.1. The second kappa shape index (κ2) is 16.9. The molecule has 0 bridgehead atoms. The molecule has 4 nitrogen and oxygen atoms in total. The Morgan fingerprint density at radius 3 is 1.82 bits per heavy atom. The van der Waals surface area contributed by atoms with Gasteiger partial charge in [-0.25, -0.2) is 0 Å². The molecule has 1 N–H and O–H groups in total. The second-order valence-electron chi connectivity index (χ2n) is 9.20. The zero-order valence-corrected chi connectivity index (χ0v) is 20.4. The number of aryl methyl sites for hydroxylation is 2. The first-order valence-electron chi connectivity index (χ1n) is 12.8. The molecule has 2 aliphatic carbocycles. The molecular formula is C30H40O4. The van der Waals surface area contributed by atoms with Gasteiger partial charge in [0, 0.05) is 31.6 Å². The minimum Gasteiger partial charge on any atom is -0.392 e. The van der Waals surface area contributed by atoms with Crippen molar-refractivity contribution in [2.24, 2.45) is 5.92 Å². The molecule has 0 spiro atoms. The molecule has 4 heteroatoms. The number of benzene rings is 2. The van der Waals surface area contributed by atoms with Gasteiger partial charge in [0.05, 0.1) is 6.10 Å². The molecule has 0 radical (unpaired) electrons. The van der Waals surface area contributed by atoms with Crippen LogP contribution in [0.5, 0.6) is 0 Å². The summed E-state index contributed by atoms with van der Waals surface area (Å²) in [6.07, 6.45) is 12.4. The summed E-state index contributed by atoms with van der Waals surface area (Å²) in [6.45, 7) is 0. The highest BCUT2D eigenvalue weighted by atomic mass is 16.3. The summed E-state index contributed by atoms with van der Waals surface area (Å²) < 4.78 is 0. The minimum absolute atomic E-state index is 0.104. The average Bonchev–Trinajstić information content (AvgIpc) is 2.89. The van der Waals surface area contributed by atoms with Crippen molar-refractivity contribution in [3.8, 4) is 0 Å². The van der Waals surface area contributed by atoms with Gasteiger partial charge in [-0.1, -0.05) is 73.5 Å². The van der Waals surface area contributed by atoms with Gasteiger partial charge < -0.3 is 9.90 Å². The van der Waals surface area contributed by atoms with Gasteiger partial charge in [0.2, 0.25) is 0 Å². The van der Waals surface area contributed by atoms with Gasteiger partial charge in [0.15, 0.2) is 0 Å². The quantitative estimate of drug-likeness (QED) is 0.504. The van der Waals surface area contributed by atoms with Gasteiger partial charge in [-0.3, -0.25) is 9.59 Å². The monoisotopic (exact) mass is 464 g/mol. The van der Waals surface area contributed by atoms with Gasteiger partial charge in [0.25, 0.3) is 0 Å². The van der Waals surface area contributed by atoms with Crippen LogP contribution in [-0.4, -0.2) is 29.1 Å². The highest BCUT2D eigenvalue weighted by Crippen LogP contribution is 2.25. The van der Waals surface area contributed by atoms with E-state index in [-0.39, 0.29) is 11.7 Å². The smallest absolute Gasteiger partial charge is 0.138 e. The first kappa shape index (κ1) is 27.7. The van der Waals surface area contributed by atoms with E-state index >= 15 is 0 Å². The lowest BCUT2D eigenvalue weighted by atomic mass is 9.82. The maximum atomic E-state index is 11.7. The first-order chi connectivity index (χ1) is 16.6. The molecule has 2 atom stereocenters. The molecule has 184 valence electrons. The van der Waals surface area contributed by atoms with Gasteiger partial charge in [-0.05, 0) is 56.1 Å².